The van der Waals surface area contributed by atoms with E-state index in [0.29, 0.717) is 30.0 Å². The van der Waals surface area contributed by atoms with E-state index in [0.717, 1.165) is 0 Å². The van der Waals surface area contributed by atoms with E-state index in [1.807, 2.05) is 0 Å². The number of nitrogens with zero attached hydrogens (tertiary/aromatic N) is 3. The van der Waals surface area contributed by atoms with Gasteiger partial charge in [-0.25, -0.2) is 0 Å². The Balaban J connectivity index is 2.43. The Labute approximate surface area is 103 Å². The van der Waals surface area contributed by atoms with Gasteiger partial charge >= 0.3 is 0 Å². The third-order valence-electron chi connectivity index (χ3n) is 2.56. The highest BCUT2D eigenvalue weighted by Crippen LogP contribution is 2.28. The Morgan fingerprint density at radius 1 is 1.44 bits per heavy atom. The van der Waals surface area contributed by atoms with E-state index in [-0.39, 0.29) is 11.6 Å². The minimum absolute atomic E-state index is 0.0334. The van der Waals surface area contributed by atoms with Gasteiger partial charge < -0.3 is 10.2 Å². The smallest absolute Gasteiger partial charge is 0.273 e. The highest BCUT2D eigenvalue weighted by Gasteiger charge is 2.17. The number of nitro groups is 1. The highest BCUT2D eigenvalue weighted by molar-refractivity contribution is 5.64. The third kappa shape index (κ3) is 2.21. The van der Waals surface area contributed by atoms with Crippen molar-refractivity contribution in [3.8, 4) is 11.5 Å². The van der Waals surface area contributed by atoms with Gasteiger partial charge in [-0.15, -0.1) is 10.2 Å². The van der Waals surface area contributed by atoms with Gasteiger partial charge in [0, 0.05) is 30.2 Å². The molecule has 0 bridgehead atoms. The van der Waals surface area contributed by atoms with Crippen molar-refractivity contribution in [2.75, 3.05) is 6.54 Å². The quantitative estimate of drug-likeness (QED) is 0.648. The van der Waals surface area contributed by atoms with Gasteiger partial charge in [0.1, 0.15) is 0 Å². The largest absolute Gasteiger partial charge is 0.421 e. The lowest BCUT2D eigenvalue weighted by Crippen LogP contribution is -2.02. The summed E-state index contributed by atoms with van der Waals surface area (Å²) in [5.74, 6) is 0.707. The summed E-state index contributed by atoms with van der Waals surface area (Å²) in [5.41, 5.74) is 6.49. The van der Waals surface area contributed by atoms with Crippen LogP contribution < -0.4 is 5.73 Å². The first kappa shape index (κ1) is 12.2. The number of aromatic nitrogens is 2. The zero-order chi connectivity index (χ0) is 13.1. The third-order valence-corrected chi connectivity index (χ3v) is 2.56. The molecule has 7 heteroatoms. The van der Waals surface area contributed by atoms with Gasteiger partial charge in [-0.3, -0.25) is 10.1 Å². The zero-order valence-corrected chi connectivity index (χ0v) is 9.79. The summed E-state index contributed by atoms with van der Waals surface area (Å²) in [6.07, 6.45) is 0.487. The van der Waals surface area contributed by atoms with E-state index < -0.39 is 4.92 Å². The first-order valence-electron chi connectivity index (χ1n) is 5.40. The van der Waals surface area contributed by atoms with Crippen LogP contribution in [0.1, 0.15) is 11.5 Å². The second-order valence-corrected chi connectivity index (χ2v) is 3.75. The zero-order valence-electron chi connectivity index (χ0n) is 9.79. The van der Waals surface area contributed by atoms with E-state index >= 15 is 0 Å². The van der Waals surface area contributed by atoms with Crippen molar-refractivity contribution in [3.05, 3.63) is 39.8 Å². The van der Waals surface area contributed by atoms with Gasteiger partial charge in [0.05, 0.1) is 4.92 Å². The molecule has 94 valence electrons. The molecule has 0 amide bonds. The predicted molar refractivity (Wildman–Crippen MR) is 63.9 cm³/mol. The molecular weight excluding hydrogens is 236 g/mol. The molecule has 2 N–H and O–H groups in total. The van der Waals surface area contributed by atoms with Crippen molar-refractivity contribution >= 4 is 5.69 Å². The Bertz CT molecular complexity index is 579. The maximum absolute atomic E-state index is 10.8. The molecule has 1 heterocycles. The van der Waals surface area contributed by atoms with E-state index in [1.165, 1.54) is 6.07 Å². The van der Waals surface area contributed by atoms with Gasteiger partial charge in [-0.2, -0.15) is 0 Å². The fourth-order valence-corrected chi connectivity index (χ4v) is 1.64. The minimum Gasteiger partial charge on any atom is -0.421 e. The number of nitrogens with two attached hydrogens (primary N) is 1. The molecule has 0 atom stereocenters. The fraction of sp³-hybridized carbons (Fsp3) is 0.273. The van der Waals surface area contributed by atoms with Gasteiger partial charge in [0.25, 0.3) is 5.69 Å². The molecule has 0 spiro atoms. The van der Waals surface area contributed by atoms with E-state index in [9.17, 15) is 10.1 Å². The van der Waals surface area contributed by atoms with Crippen molar-refractivity contribution < 1.29 is 9.34 Å². The summed E-state index contributed by atoms with van der Waals surface area (Å²) in [6.45, 7) is 2.07. The molecule has 1 aromatic carbocycles. The molecule has 0 unspecified atom stereocenters. The van der Waals surface area contributed by atoms with Crippen molar-refractivity contribution in [1.29, 1.82) is 0 Å². The second-order valence-electron chi connectivity index (χ2n) is 3.75. The van der Waals surface area contributed by atoms with Gasteiger partial charge in [0.2, 0.25) is 11.8 Å². The number of hydrogen-bond donors (Lipinski definition) is 1. The average molecular weight is 248 g/mol. The molecule has 0 radical (unpaired) electrons. The highest BCUT2D eigenvalue weighted by atomic mass is 16.6. The molecule has 0 aliphatic rings. The van der Waals surface area contributed by atoms with Crippen molar-refractivity contribution in [1.82, 2.24) is 10.2 Å². The summed E-state index contributed by atoms with van der Waals surface area (Å²) in [4.78, 5) is 10.4. The maximum atomic E-state index is 10.8. The molecule has 1 aromatic heterocycles. The van der Waals surface area contributed by atoms with Crippen LogP contribution in [0.2, 0.25) is 0 Å². The summed E-state index contributed by atoms with van der Waals surface area (Å²) in [5, 5.41) is 18.5. The SMILES string of the molecule is Cc1c(-c2nnc(CCN)o2)cccc1[N+](=O)[O-]. The van der Waals surface area contributed by atoms with Gasteiger partial charge in [-0.1, -0.05) is 6.07 Å². The van der Waals surface area contributed by atoms with Crippen LogP contribution >= 0.6 is 0 Å². The van der Waals surface area contributed by atoms with Crippen molar-refractivity contribution in [2.45, 2.75) is 13.3 Å². The number of hydrogen-bond acceptors (Lipinski definition) is 6. The number of rotatable bonds is 4. The number of nitro benzene ring substituents is 1. The molecule has 0 aliphatic heterocycles. The molecule has 0 saturated heterocycles. The number of benzene rings is 1. The minimum atomic E-state index is -0.435. The summed E-state index contributed by atoms with van der Waals surface area (Å²) >= 11 is 0. The molecular formula is C11H12N4O3. The molecule has 0 aliphatic carbocycles. The monoisotopic (exact) mass is 248 g/mol. The van der Waals surface area contributed by atoms with E-state index in [2.05, 4.69) is 10.2 Å². The summed E-state index contributed by atoms with van der Waals surface area (Å²) < 4.78 is 5.40. The van der Waals surface area contributed by atoms with Crippen LogP contribution in [0.25, 0.3) is 11.5 Å². The maximum Gasteiger partial charge on any atom is 0.273 e. The van der Waals surface area contributed by atoms with Crippen LogP contribution in [0.4, 0.5) is 5.69 Å². The van der Waals surface area contributed by atoms with E-state index in [4.69, 9.17) is 10.2 Å². The molecule has 7 nitrogen and oxygen atoms in total. The van der Waals surface area contributed by atoms with Crippen LogP contribution in [0.3, 0.4) is 0 Å². The fourth-order valence-electron chi connectivity index (χ4n) is 1.64. The van der Waals surface area contributed by atoms with Crippen LogP contribution in [-0.4, -0.2) is 21.7 Å². The molecule has 2 aromatic rings. The van der Waals surface area contributed by atoms with E-state index in [1.54, 1.807) is 19.1 Å². The molecule has 18 heavy (non-hydrogen) atoms. The molecule has 0 saturated carbocycles. The van der Waals surface area contributed by atoms with Crippen molar-refractivity contribution in [2.24, 2.45) is 5.73 Å². The average Bonchev–Trinajstić information content (AvgIpc) is 2.78. The first-order chi connectivity index (χ1) is 8.63. The topological polar surface area (TPSA) is 108 Å². The van der Waals surface area contributed by atoms with Crippen molar-refractivity contribution in [3.63, 3.8) is 0 Å². The Kier molecular flexibility index (Phi) is 3.33. The standard InChI is InChI=1S/C11H12N4O3/c1-7-8(3-2-4-9(7)15(16)17)11-14-13-10(18-11)5-6-12/h2-4H,5-6,12H2,1H3. The lowest BCUT2D eigenvalue weighted by molar-refractivity contribution is -0.385. The predicted octanol–water partition coefficient (Wildman–Crippen LogP) is 1.45. The lowest BCUT2D eigenvalue weighted by atomic mass is 10.1. The lowest BCUT2D eigenvalue weighted by Gasteiger charge is -2.01. The van der Waals surface area contributed by atoms with Crippen LogP contribution in [0.5, 0.6) is 0 Å². The Morgan fingerprint density at radius 3 is 2.89 bits per heavy atom. The Hall–Kier alpha value is -2.28. The van der Waals surface area contributed by atoms with Crippen LogP contribution in [0.15, 0.2) is 22.6 Å². The molecule has 2 rings (SSSR count). The van der Waals surface area contributed by atoms with Gasteiger partial charge in [0.15, 0.2) is 0 Å². The van der Waals surface area contributed by atoms with Crippen LogP contribution in [-0.2, 0) is 6.42 Å². The summed E-state index contributed by atoms with van der Waals surface area (Å²) in [7, 11) is 0. The summed E-state index contributed by atoms with van der Waals surface area (Å²) in [6, 6.07) is 4.74. The molecule has 0 fully saturated rings. The Morgan fingerprint density at radius 2 is 2.22 bits per heavy atom. The second kappa shape index (κ2) is 4.92. The van der Waals surface area contributed by atoms with Crippen LogP contribution in [0, 0.1) is 17.0 Å². The first-order valence-corrected chi connectivity index (χ1v) is 5.40. The normalized spacial score (nSPS) is 10.6. The van der Waals surface area contributed by atoms with Gasteiger partial charge in [-0.05, 0) is 13.0 Å².